The second-order valence-electron chi connectivity index (χ2n) is 6.23. The predicted molar refractivity (Wildman–Crippen MR) is 94.0 cm³/mol. The number of rotatable bonds is 2. The molecule has 1 fully saturated rings. The third-order valence-corrected chi connectivity index (χ3v) is 4.85. The Kier molecular flexibility index (Phi) is 3.42. The van der Waals surface area contributed by atoms with E-state index in [1.165, 1.54) is 48.3 Å². The number of anilines is 1. The van der Waals surface area contributed by atoms with Crippen molar-refractivity contribution in [3.05, 3.63) is 58.1 Å². The SMILES string of the molecule is Cc1cc(Cl)c2c(c1)CC(c1ccc(N3CCCC3)cc1)=N2. The van der Waals surface area contributed by atoms with Gasteiger partial charge < -0.3 is 4.90 Å². The van der Waals surface area contributed by atoms with Gasteiger partial charge >= 0.3 is 0 Å². The van der Waals surface area contributed by atoms with E-state index in [0.29, 0.717) is 0 Å². The van der Waals surface area contributed by atoms with E-state index in [9.17, 15) is 0 Å². The van der Waals surface area contributed by atoms with Crippen LogP contribution in [-0.4, -0.2) is 18.8 Å². The van der Waals surface area contributed by atoms with Crippen molar-refractivity contribution < 1.29 is 0 Å². The maximum atomic E-state index is 6.33. The maximum Gasteiger partial charge on any atom is 0.0855 e. The van der Waals surface area contributed by atoms with Gasteiger partial charge in [0.25, 0.3) is 0 Å². The Morgan fingerprint density at radius 3 is 2.50 bits per heavy atom. The number of aryl methyl sites for hydroxylation is 1. The van der Waals surface area contributed by atoms with Gasteiger partial charge in [0.2, 0.25) is 0 Å². The molecule has 0 aromatic heterocycles. The summed E-state index contributed by atoms with van der Waals surface area (Å²) in [4.78, 5) is 7.21. The van der Waals surface area contributed by atoms with Crippen molar-refractivity contribution >= 4 is 28.7 Å². The first-order chi connectivity index (χ1) is 10.7. The summed E-state index contributed by atoms with van der Waals surface area (Å²) in [5.74, 6) is 0. The van der Waals surface area contributed by atoms with Gasteiger partial charge in [0.1, 0.15) is 0 Å². The Morgan fingerprint density at radius 2 is 1.77 bits per heavy atom. The molecule has 22 heavy (non-hydrogen) atoms. The van der Waals surface area contributed by atoms with Crippen LogP contribution < -0.4 is 4.90 Å². The number of aliphatic imine (C=N–C) groups is 1. The lowest BCUT2D eigenvalue weighted by molar-refractivity contribution is 0.949. The monoisotopic (exact) mass is 310 g/mol. The first kappa shape index (κ1) is 13.8. The third-order valence-electron chi connectivity index (χ3n) is 4.56. The molecule has 0 spiro atoms. The van der Waals surface area contributed by atoms with Crippen LogP contribution in [0.25, 0.3) is 0 Å². The van der Waals surface area contributed by atoms with Crippen molar-refractivity contribution in [2.24, 2.45) is 4.99 Å². The molecular weight excluding hydrogens is 292 g/mol. The average Bonchev–Trinajstić information content (AvgIpc) is 3.16. The van der Waals surface area contributed by atoms with E-state index in [-0.39, 0.29) is 0 Å². The topological polar surface area (TPSA) is 15.6 Å². The Labute approximate surface area is 136 Å². The number of hydrogen-bond acceptors (Lipinski definition) is 2. The minimum absolute atomic E-state index is 0.763. The molecule has 0 atom stereocenters. The zero-order valence-electron chi connectivity index (χ0n) is 12.8. The van der Waals surface area contributed by atoms with Crippen LogP contribution in [0.15, 0.2) is 41.4 Å². The van der Waals surface area contributed by atoms with Crippen LogP contribution in [-0.2, 0) is 6.42 Å². The van der Waals surface area contributed by atoms with E-state index in [1.807, 2.05) is 6.07 Å². The standard InChI is InChI=1S/C19H19ClN2/c1-13-10-15-12-18(21-19(15)17(20)11-13)14-4-6-16(7-5-14)22-8-2-3-9-22/h4-7,10-11H,2-3,8-9,12H2,1H3. The first-order valence-electron chi connectivity index (χ1n) is 7.93. The van der Waals surface area contributed by atoms with Crippen LogP contribution in [0.2, 0.25) is 5.02 Å². The summed E-state index contributed by atoms with van der Waals surface area (Å²) in [5, 5.41) is 0.763. The van der Waals surface area contributed by atoms with Gasteiger partial charge in [-0.1, -0.05) is 29.8 Å². The molecule has 2 aliphatic heterocycles. The minimum atomic E-state index is 0.763. The molecule has 2 aliphatic rings. The number of halogens is 1. The molecule has 2 nitrogen and oxygen atoms in total. The summed E-state index contributed by atoms with van der Waals surface area (Å²) < 4.78 is 0. The maximum absolute atomic E-state index is 6.33. The molecule has 0 amide bonds. The molecule has 0 bridgehead atoms. The van der Waals surface area contributed by atoms with E-state index in [4.69, 9.17) is 16.6 Å². The van der Waals surface area contributed by atoms with E-state index in [1.54, 1.807) is 0 Å². The van der Waals surface area contributed by atoms with Gasteiger partial charge in [-0.05, 0) is 54.7 Å². The van der Waals surface area contributed by atoms with E-state index in [0.717, 1.165) is 22.8 Å². The summed E-state index contributed by atoms with van der Waals surface area (Å²) in [6.45, 7) is 4.44. The molecule has 4 rings (SSSR count). The minimum Gasteiger partial charge on any atom is -0.372 e. The smallest absolute Gasteiger partial charge is 0.0855 e. The fourth-order valence-corrected chi connectivity index (χ4v) is 3.76. The molecule has 0 saturated carbocycles. The number of benzene rings is 2. The Hall–Kier alpha value is -1.80. The summed E-state index contributed by atoms with van der Waals surface area (Å²) >= 11 is 6.33. The lowest BCUT2D eigenvalue weighted by Gasteiger charge is -2.17. The summed E-state index contributed by atoms with van der Waals surface area (Å²) in [7, 11) is 0. The summed E-state index contributed by atoms with van der Waals surface area (Å²) in [5.41, 5.74) is 7.04. The van der Waals surface area contributed by atoms with E-state index in [2.05, 4.69) is 42.2 Å². The van der Waals surface area contributed by atoms with E-state index >= 15 is 0 Å². The molecule has 0 aliphatic carbocycles. The van der Waals surface area contributed by atoms with Gasteiger partial charge in [0.05, 0.1) is 16.4 Å². The van der Waals surface area contributed by atoms with Crippen LogP contribution in [0.1, 0.15) is 29.5 Å². The van der Waals surface area contributed by atoms with Gasteiger partial charge in [0, 0.05) is 25.2 Å². The Bertz CT molecular complexity index is 741. The Balaban J connectivity index is 1.61. The highest BCUT2D eigenvalue weighted by atomic mass is 35.5. The van der Waals surface area contributed by atoms with Gasteiger partial charge in [-0.25, -0.2) is 0 Å². The molecule has 2 aromatic carbocycles. The van der Waals surface area contributed by atoms with Crippen LogP contribution in [0.4, 0.5) is 11.4 Å². The van der Waals surface area contributed by atoms with Gasteiger partial charge in [-0.15, -0.1) is 0 Å². The summed E-state index contributed by atoms with van der Waals surface area (Å²) in [6.07, 6.45) is 3.49. The molecule has 1 saturated heterocycles. The predicted octanol–water partition coefficient (Wildman–Crippen LogP) is 4.93. The van der Waals surface area contributed by atoms with Crippen molar-refractivity contribution in [3.63, 3.8) is 0 Å². The lowest BCUT2D eigenvalue weighted by Crippen LogP contribution is -2.17. The van der Waals surface area contributed by atoms with Gasteiger partial charge in [0.15, 0.2) is 0 Å². The molecule has 0 radical (unpaired) electrons. The third kappa shape index (κ3) is 2.42. The second kappa shape index (κ2) is 5.44. The molecule has 0 unspecified atom stereocenters. The lowest BCUT2D eigenvalue weighted by atomic mass is 10.0. The molecule has 2 aromatic rings. The number of hydrogen-bond donors (Lipinski definition) is 0. The largest absolute Gasteiger partial charge is 0.372 e. The molecule has 3 heteroatoms. The van der Waals surface area contributed by atoms with Crippen LogP contribution >= 0.6 is 11.6 Å². The highest BCUT2D eigenvalue weighted by Gasteiger charge is 2.19. The fraction of sp³-hybridized carbons (Fsp3) is 0.316. The number of nitrogens with zero attached hydrogens (tertiary/aromatic N) is 2. The molecular formula is C19H19ClN2. The molecule has 2 heterocycles. The molecule has 0 N–H and O–H groups in total. The summed E-state index contributed by atoms with van der Waals surface area (Å²) in [6, 6.07) is 13.0. The Morgan fingerprint density at radius 1 is 1.05 bits per heavy atom. The first-order valence-corrected chi connectivity index (χ1v) is 8.30. The average molecular weight is 311 g/mol. The quantitative estimate of drug-likeness (QED) is 0.768. The van der Waals surface area contributed by atoms with Crippen molar-refractivity contribution in [1.82, 2.24) is 0 Å². The molecule has 112 valence electrons. The van der Waals surface area contributed by atoms with Crippen LogP contribution in [0.5, 0.6) is 0 Å². The van der Waals surface area contributed by atoms with Crippen molar-refractivity contribution in [1.29, 1.82) is 0 Å². The highest BCUT2D eigenvalue weighted by Crippen LogP contribution is 2.36. The van der Waals surface area contributed by atoms with Crippen molar-refractivity contribution in [2.75, 3.05) is 18.0 Å². The van der Waals surface area contributed by atoms with Gasteiger partial charge in [-0.2, -0.15) is 0 Å². The van der Waals surface area contributed by atoms with E-state index < -0.39 is 0 Å². The second-order valence-corrected chi connectivity index (χ2v) is 6.64. The zero-order valence-corrected chi connectivity index (χ0v) is 13.5. The normalized spacial score (nSPS) is 16.8. The van der Waals surface area contributed by atoms with Crippen molar-refractivity contribution in [3.8, 4) is 0 Å². The fourth-order valence-electron chi connectivity index (χ4n) is 3.43. The van der Waals surface area contributed by atoms with Crippen LogP contribution in [0, 0.1) is 6.92 Å². The van der Waals surface area contributed by atoms with Gasteiger partial charge in [-0.3, -0.25) is 4.99 Å². The zero-order chi connectivity index (χ0) is 15.1. The number of fused-ring (bicyclic) bond motifs is 1. The highest BCUT2D eigenvalue weighted by molar-refractivity contribution is 6.34. The van der Waals surface area contributed by atoms with Crippen molar-refractivity contribution in [2.45, 2.75) is 26.2 Å². The van der Waals surface area contributed by atoms with Crippen LogP contribution in [0.3, 0.4) is 0 Å².